The van der Waals surface area contributed by atoms with Crippen molar-refractivity contribution < 1.29 is 9.15 Å². The molecule has 7 nitrogen and oxygen atoms in total. The maximum Gasteiger partial charge on any atom is 0.316 e. The Balaban J connectivity index is 1.69. The Morgan fingerprint density at radius 3 is 2.71 bits per heavy atom. The lowest BCUT2D eigenvalue weighted by Gasteiger charge is -2.02. The van der Waals surface area contributed by atoms with Crippen molar-refractivity contribution in [3.63, 3.8) is 0 Å². The number of imidazole rings is 1. The molecule has 0 spiro atoms. The number of rotatable bonds is 5. The van der Waals surface area contributed by atoms with Gasteiger partial charge in [0.05, 0.1) is 25.7 Å². The normalized spacial score (nSPS) is 10.6. The van der Waals surface area contributed by atoms with Crippen molar-refractivity contribution in [2.45, 2.75) is 6.54 Å². The Bertz CT molecular complexity index is 717. The minimum atomic E-state index is 0.377. The van der Waals surface area contributed by atoms with Gasteiger partial charge in [-0.3, -0.25) is 0 Å². The van der Waals surface area contributed by atoms with Crippen LogP contribution in [0, 0.1) is 0 Å². The molecule has 3 rings (SSSR count). The third kappa shape index (κ3) is 2.86. The summed E-state index contributed by atoms with van der Waals surface area (Å²) in [6.45, 7) is 0.570. The molecule has 1 N–H and O–H groups in total. The van der Waals surface area contributed by atoms with Gasteiger partial charge in [0.1, 0.15) is 5.75 Å². The second-order valence-electron chi connectivity index (χ2n) is 4.49. The van der Waals surface area contributed by atoms with Crippen molar-refractivity contribution in [3.05, 3.63) is 42.5 Å². The second-order valence-corrected chi connectivity index (χ2v) is 4.49. The summed E-state index contributed by atoms with van der Waals surface area (Å²) in [4.78, 5) is 4.05. The van der Waals surface area contributed by atoms with E-state index >= 15 is 0 Å². The smallest absolute Gasteiger partial charge is 0.316 e. The van der Waals surface area contributed by atoms with Crippen LogP contribution in [0.25, 0.3) is 11.5 Å². The van der Waals surface area contributed by atoms with Crippen LogP contribution in [0.4, 0.5) is 6.01 Å². The van der Waals surface area contributed by atoms with E-state index in [2.05, 4.69) is 20.5 Å². The summed E-state index contributed by atoms with van der Waals surface area (Å²) >= 11 is 0. The highest BCUT2D eigenvalue weighted by Gasteiger charge is 2.09. The standard InChI is InChI=1S/C14H15N5O2/c1-19-9-15-7-11(19)8-16-14-18-17-13(21-14)10-3-5-12(20-2)6-4-10/h3-7,9H,8H2,1-2H3,(H,16,18). The maximum absolute atomic E-state index is 5.58. The molecule has 0 bridgehead atoms. The minimum Gasteiger partial charge on any atom is -0.497 e. The van der Waals surface area contributed by atoms with E-state index in [-0.39, 0.29) is 0 Å². The lowest BCUT2D eigenvalue weighted by Crippen LogP contribution is -2.03. The van der Waals surface area contributed by atoms with E-state index in [0.717, 1.165) is 17.0 Å². The van der Waals surface area contributed by atoms with Crippen LogP contribution in [-0.4, -0.2) is 26.9 Å². The van der Waals surface area contributed by atoms with Crippen LogP contribution in [0.5, 0.6) is 5.75 Å². The largest absolute Gasteiger partial charge is 0.497 e. The number of hydrogen-bond acceptors (Lipinski definition) is 6. The van der Waals surface area contributed by atoms with Crippen molar-refractivity contribution in [2.24, 2.45) is 7.05 Å². The van der Waals surface area contributed by atoms with E-state index in [9.17, 15) is 0 Å². The van der Waals surface area contributed by atoms with Crippen LogP contribution < -0.4 is 10.1 Å². The summed E-state index contributed by atoms with van der Waals surface area (Å²) in [5, 5.41) is 11.1. The number of benzene rings is 1. The fourth-order valence-electron chi connectivity index (χ4n) is 1.87. The van der Waals surface area contributed by atoms with Crippen LogP contribution in [0.3, 0.4) is 0 Å². The molecule has 0 atom stereocenters. The highest BCUT2D eigenvalue weighted by Crippen LogP contribution is 2.22. The highest BCUT2D eigenvalue weighted by atomic mass is 16.5. The molecule has 2 aromatic heterocycles. The summed E-state index contributed by atoms with van der Waals surface area (Å²) in [7, 11) is 3.56. The molecule has 108 valence electrons. The average molecular weight is 285 g/mol. The third-order valence-corrected chi connectivity index (χ3v) is 3.10. The number of aryl methyl sites for hydroxylation is 1. The molecule has 0 saturated heterocycles. The maximum atomic E-state index is 5.58. The van der Waals surface area contributed by atoms with Crippen LogP contribution >= 0.6 is 0 Å². The van der Waals surface area contributed by atoms with Crippen molar-refractivity contribution in [3.8, 4) is 17.2 Å². The van der Waals surface area contributed by atoms with E-state index in [0.29, 0.717) is 18.5 Å². The summed E-state index contributed by atoms with van der Waals surface area (Å²) in [5.74, 6) is 1.25. The van der Waals surface area contributed by atoms with Crippen LogP contribution in [0.2, 0.25) is 0 Å². The molecule has 0 radical (unpaired) electrons. The average Bonchev–Trinajstić information content (AvgIpc) is 3.14. The van der Waals surface area contributed by atoms with Gasteiger partial charge in [0, 0.05) is 18.8 Å². The van der Waals surface area contributed by atoms with Gasteiger partial charge < -0.3 is 19.0 Å². The fourth-order valence-corrected chi connectivity index (χ4v) is 1.87. The van der Waals surface area contributed by atoms with Crippen molar-refractivity contribution in [1.29, 1.82) is 0 Å². The first-order valence-corrected chi connectivity index (χ1v) is 6.43. The van der Waals surface area contributed by atoms with E-state index in [4.69, 9.17) is 9.15 Å². The first kappa shape index (κ1) is 13.2. The van der Waals surface area contributed by atoms with Gasteiger partial charge in [0.25, 0.3) is 0 Å². The van der Waals surface area contributed by atoms with E-state index in [1.807, 2.05) is 35.9 Å². The SMILES string of the molecule is COc1ccc(-c2nnc(NCc3cncn3C)o2)cc1. The molecular weight excluding hydrogens is 270 g/mol. The Kier molecular flexibility index (Phi) is 3.55. The van der Waals surface area contributed by atoms with Crippen LogP contribution in [0.1, 0.15) is 5.69 Å². The predicted molar refractivity (Wildman–Crippen MR) is 76.8 cm³/mol. The van der Waals surface area contributed by atoms with Gasteiger partial charge in [-0.15, -0.1) is 5.10 Å². The number of methoxy groups -OCH3 is 1. The molecule has 0 unspecified atom stereocenters. The first-order valence-electron chi connectivity index (χ1n) is 6.43. The molecule has 0 amide bonds. The summed E-state index contributed by atoms with van der Waals surface area (Å²) in [5.41, 5.74) is 1.87. The van der Waals surface area contributed by atoms with Crippen LogP contribution in [-0.2, 0) is 13.6 Å². The zero-order valence-electron chi connectivity index (χ0n) is 11.8. The summed E-state index contributed by atoms with van der Waals surface area (Å²) in [6, 6.07) is 7.82. The Morgan fingerprint density at radius 2 is 2.05 bits per heavy atom. The number of aromatic nitrogens is 4. The number of nitrogens with one attached hydrogen (secondary N) is 1. The topological polar surface area (TPSA) is 78.0 Å². The quantitative estimate of drug-likeness (QED) is 0.773. The predicted octanol–water partition coefficient (Wildman–Crippen LogP) is 2.09. The molecule has 0 fully saturated rings. The minimum absolute atomic E-state index is 0.377. The third-order valence-electron chi connectivity index (χ3n) is 3.10. The number of anilines is 1. The Morgan fingerprint density at radius 1 is 1.24 bits per heavy atom. The molecular formula is C14H15N5O2. The van der Waals surface area contributed by atoms with Gasteiger partial charge in [-0.25, -0.2) is 4.98 Å². The molecule has 3 aromatic rings. The van der Waals surface area contributed by atoms with E-state index in [1.165, 1.54) is 0 Å². The second kappa shape index (κ2) is 5.66. The Labute approximate surface area is 121 Å². The van der Waals surface area contributed by atoms with Crippen LogP contribution in [0.15, 0.2) is 41.2 Å². The van der Waals surface area contributed by atoms with Gasteiger partial charge in [-0.05, 0) is 24.3 Å². The lowest BCUT2D eigenvalue weighted by atomic mass is 10.2. The molecule has 0 saturated carbocycles. The number of hydrogen-bond donors (Lipinski definition) is 1. The first-order chi connectivity index (χ1) is 10.3. The van der Waals surface area contributed by atoms with E-state index in [1.54, 1.807) is 19.6 Å². The van der Waals surface area contributed by atoms with E-state index < -0.39 is 0 Å². The van der Waals surface area contributed by atoms with Crippen molar-refractivity contribution in [2.75, 3.05) is 12.4 Å². The van der Waals surface area contributed by atoms with Gasteiger partial charge in [0.2, 0.25) is 5.89 Å². The molecule has 1 aromatic carbocycles. The number of ether oxygens (including phenoxy) is 1. The highest BCUT2D eigenvalue weighted by molar-refractivity contribution is 5.54. The zero-order chi connectivity index (χ0) is 14.7. The number of nitrogens with zero attached hydrogens (tertiary/aromatic N) is 4. The fraction of sp³-hybridized carbons (Fsp3) is 0.214. The van der Waals surface area contributed by atoms with Gasteiger partial charge in [0.15, 0.2) is 0 Å². The van der Waals surface area contributed by atoms with Crippen molar-refractivity contribution in [1.82, 2.24) is 19.7 Å². The van der Waals surface area contributed by atoms with Gasteiger partial charge in [-0.1, -0.05) is 5.10 Å². The van der Waals surface area contributed by atoms with Gasteiger partial charge in [-0.2, -0.15) is 0 Å². The lowest BCUT2D eigenvalue weighted by molar-refractivity contribution is 0.415. The summed E-state index contributed by atoms with van der Waals surface area (Å²) < 4.78 is 12.6. The Hall–Kier alpha value is -2.83. The molecule has 21 heavy (non-hydrogen) atoms. The molecule has 0 aliphatic heterocycles. The molecule has 2 heterocycles. The van der Waals surface area contributed by atoms with Crippen molar-refractivity contribution >= 4 is 6.01 Å². The molecule has 7 heteroatoms. The zero-order valence-corrected chi connectivity index (χ0v) is 11.8. The molecule has 0 aliphatic carbocycles. The summed E-state index contributed by atoms with van der Waals surface area (Å²) in [6.07, 6.45) is 3.53. The molecule has 0 aliphatic rings. The monoisotopic (exact) mass is 285 g/mol. The van der Waals surface area contributed by atoms with Gasteiger partial charge >= 0.3 is 6.01 Å².